The summed E-state index contributed by atoms with van der Waals surface area (Å²) < 4.78 is 8.66. The fourth-order valence-corrected chi connectivity index (χ4v) is 9.28. The maximum atomic E-state index is 11.1. The molecule has 298 valence electrons. The standard InChI is InChI=1S/C57H38N4O2/c62-50-27-12-10-22-44(50)43-24-14-25-47(43)60(49-26-15-29-52-53(49)45-23-11-13-28-51(45)63-52)42-33-30-37(31-34-42)40-32-35-48-46(36-40)54-55(38-16-4-1-5-17-38)58-56(39-18-6-2-7-19-39)59-57(54)61(48)41-20-8-3-9-21-41/h1-23,25-36,62H,24H2. The molecule has 1 aliphatic carbocycles. The fraction of sp³-hybridized carbons (Fsp3) is 0.0175. The number of hydrogen-bond donors (Lipinski definition) is 1. The monoisotopic (exact) mass is 810 g/mol. The van der Waals surface area contributed by atoms with E-state index < -0.39 is 0 Å². The van der Waals surface area contributed by atoms with Crippen LogP contribution in [-0.2, 0) is 0 Å². The van der Waals surface area contributed by atoms with Crippen LogP contribution in [0.1, 0.15) is 12.0 Å². The number of benzene rings is 8. The SMILES string of the molecule is Oc1ccccc1C1=C(N(c2ccc(-c3ccc4c(c3)c3c(-c5ccccc5)nc(-c5ccccc5)nc3n4-c3ccccc3)cc2)c2cccc3oc4ccccc4c23)C=CC1. The van der Waals surface area contributed by atoms with Crippen LogP contribution in [0.15, 0.2) is 222 Å². The topological polar surface area (TPSA) is 67.3 Å². The van der Waals surface area contributed by atoms with Crippen molar-refractivity contribution in [1.82, 2.24) is 14.5 Å². The molecule has 11 aromatic rings. The lowest BCUT2D eigenvalue weighted by Gasteiger charge is -2.28. The first-order valence-electron chi connectivity index (χ1n) is 21.2. The van der Waals surface area contributed by atoms with Crippen LogP contribution in [0.3, 0.4) is 0 Å². The number of phenolic OH excluding ortho intramolecular Hbond substituents is 1. The molecule has 6 nitrogen and oxygen atoms in total. The van der Waals surface area contributed by atoms with Crippen LogP contribution in [0, 0.1) is 0 Å². The first kappa shape index (κ1) is 36.4. The molecule has 0 aliphatic heterocycles. The molecule has 0 atom stereocenters. The van der Waals surface area contributed by atoms with Gasteiger partial charge in [-0.2, -0.15) is 0 Å². The first-order chi connectivity index (χ1) is 31.2. The molecular formula is C57H38N4O2. The van der Waals surface area contributed by atoms with Gasteiger partial charge < -0.3 is 14.4 Å². The van der Waals surface area contributed by atoms with Gasteiger partial charge in [0.25, 0.3) is 0 Å². The summed E-state index contributed by atoms with van der Waals surface area (Å²) in [7, 11) is 0. The van der Waals surface area contributed by atoms with Crippen LogP contribution < -0.4 is 4.90 Å². The summed E-state index contributed by atoms with van der Waals surface area (Å²) in [6.07, 6.45) is 5.04. The van der Waals surface area contributed by atoms with Gasteiger partial charge in [-0.15, -0.1) is 0 Å². The third-order valence-corrected chi connectivity index (χ3v) is 12.2. The zero-order chi connectivity index (χ0) is 41.9. The quantitative estimate of drug-likeness (QED) is 0.166. The number of para-hydroxylation sites is 3. The van der Waals surface area contributed by atoms with Crippen LogP contribution in [0.2, 0.25) is 0 Å². The van der Waals surface area contributed by atoms with E-state index in [-0.39, 0.29) is 5.75 Å². The minimum atomic E-state index is 0.261. The minimum Gasteiger partial charge on any atom is -0.507 e. The number of furan rings is 1. The van der Waals surface area contributed by atoms with E-state index >= 15 is 0 Å². The van der Waals surface area contributed by atoms with E-state index in [4.69, 9.17) is 14.4 Å². The molecule has 6 heteroatoms. The Balaban J connectivity index is 1.05. The molecule has 0 radical (unpaired) electrons. The molecule has 3 aromatic heterocycles. The lowest BCUT2D eigenvalue weighted by Crippen LogP contribution is -2.16. The van der Waals surface area contributed by atoms with Crippen molar-refractivity contribution in [2.24, 2.45) is 0 Å². The summed E-state index contributed by atoms with van der Waals surface area (Å²) in [6.45, 7) is 0. The molecule has 0 saturated carbocycles. The zero-order valence-corrected chi connectivity index (χ0v) is 34.1. The predicted octanol–water partition coefficient (Wildman–Crippen LogP) is 14.7. The van der Waals surface area contributed by atoms with Gasteiger partial charge in [-0.05, 0) is 89.9 Å². The molecule has 0 amide bonds. The molecule has 0 unspecified atom stereocenters. The highest BCUT2D eigenvalue weighted by Gasteiger charge is 2.26. The van der Waals surface area contributed by atoms with E-state index in [1.165, 1.54) is 0 Å². The molecule has 63 heavy (non-hydrogen) atoms. The van der Waals surface area contributed by atoms with Gasteiger partial charge in [0, 0.05) is 38.8 Å². The van der Waals surface area contributed by atoms with Gasteiger partial charge in [0.1, 0.15) is 22.6 Å². The Kier molecular flexibility index (Phi) is 8.61. The van der Waals surface area contributed by atoms with E-state index in [1.54, 1.807) is 6.07 Å². The van der Waals surface area contributed by atoms with E-state index in [1.807, 2.05) is 66.7 Å². The van der Waals surface area contributed by atoms with Gasteiger partial charge in [0.15, 0.2) is 5.82 Å². The molecule has 0 fully saturated rings. The Morgan fingerprint density at radius 3 is 2.02 bits per heavy atom. The number of aromatic hydroxyl groups is 1. The third-order valence-electron chi connectivity index (χ3n) is 12.2. The van der Waals surface area contributed by atoms with Crippen molar-refractivity contribution in [3.63, 3.8) is 0 Å². The fourth-order valence-electron chi connectivity index (χ4n) is 9.28. The smallest absolute Gasteiger partial charge is 0.162 e. The number of allylic oxidation sites excluding steroid dienone is 3. The number of aromatic nitrogens is 3. The van der Waals surface area contributed by atoms with Crippen LogP contribution >= 0.6 is 0 Å². The largest absolute Gasteiger partial charge is 0.507 e. The number of rotatable bonds is 8. The van der Waals surface area contributed by atoms with E-state index in [9.17, 15) is 5.11 Å². The van der Waals surface area contributed by atoms with Crippen molar-refractivity contribution in [2.45, 2.75) is 6.42 Å². The summed E-state index contributed by atoms with van der Waals surface area (Å²) in [5.74, 6) is 0.941. The van der Waals surface area contributed by atoms with E-state index in [2.05, 4.69) is 149 Å². The highest BCUT2D eigenvalue weighted by Crippen LogP contribution is 2.46. The number of fused-ring (bicyclic) bond motifs is 6. The van der Waals surface area contributed by atoms with Crippen molar-refractivity contribution in [3.8, 4) is 45.2 Å². The molecule has 0 bridgehead atoms. The molecule has 0 saturated heterocycles. The average Bonchev–Trinajstić information content (AvgIpc) is 4.07. The van der Waals surface area contributed by atoms with E-state index in [0.717, 1.165) is 106 Å². The van der Waals surface area contributed by atoms with E-state index in [0.29, 0.717) is 12.2 Å². The van der Waals surface area contributed by atoms with Crippen LogP contribution in [0.4, 0.5) is 11.4 Å². The Morgan fingerprint density at radius 1 is 0.540 bits per heavy atom. The maximum absolute atomic E-state index is 11.1. The minimum absolute atomic E-state index is 0.261. The Labute approximate surface area is 363 Å². The number of anilines is 2. The molecular weight excluding hydrogens is 773 g/mol. The van der Waals surface area contributed by atoms with Gasteiger partial charge in [0.05, 0.1) is 33.4 Å². The number of phenols is 1. The summed E-state index contributed by atoms with van der Waals surface area (Å²) in [4.78, 5) is 12.9. The third kappa shape index (κ3) is 6.11. The zero-order valence-electron chi connectivity index (χ0n) is 34.1. The molecule has 8 aromatic carbocycles. The maximum Gasteiger partial charge on any atom is 0.162 e. The highest BCUT2D eigenvalue weighted by molar-refractivity contribution is 6.15. The molecule has 0 spiro atoms. The van der Waals surface area contributed by atoms with Gasteiger partial charge in [-0.1, -0.05) is 146 Å². The summed E-state index contributed by atoms with van der Waals surface area (Å²) >= 11 is 0. The molecule has 12 rings (SSSR count). The summed E-state index contributed by atoms with van der Waals surface area (Å²) in [5.41, 5.74) is 14.5. The Bertz CT molecular complexity index is 3590. The van der Waals surface area contributed by atoms with Crippen LogP contribution in [0.25, 0.3) is 88.9 Å². The Morgan fingerprint density at radius 2 is 1.22 bits per heavy atom. The normalized spacial score (nSPS) is 12.6. The van der Waals surface area contributed by atoms with Gasteiger partial charge in [-0.25, -0.2) is 9.97 Å². The number of hydrogen-bond acceptors (Lipinski definition) is 5. The second-order valence-corrected chi connectivity index (χ2v) is 15.8. The second kappa shape index (κ2) is 14.9. The van der Waals surface area contributed by atoms with Crippen molar-refractivity contribution in [3.05, 3.63) is 224 Å². The summed E-state index contributed by atoms with van der Waals surface area (Å²) in [6, 6.07) is 68.7. The first-order valence-corrected chi connectivity index (χ1v) is 21.2. The average molecular weight is 811 g/mol. The lowest BCUT2D eigenvalue weighted by molar-refractivity contribution is 0.473. The van der Waals surface area contributed by atoms with Crippen molar-refractivity contribution >= 4 is 60.8 Å². The highest BCUT2D eigenvalue weighted by atomic mass is 16.3. The van der Waals surface area contributed by atoms with Crippen molar-refractivity contribution in [1.29, 1.82) is 0 Å². The van der Waals surface area contributed by atoms with Gasteiger partial charge in [-0.3, -0.25) is 4.57 Å². The second-order valence-electron chi connectivity index (χ2n) is 15.8. The molecule has 1 aliphatic rings. The van der Waals surface area contributed by atoms with Crippen molar-refractivity contribution < 1.29 is 9.52 Å². The van der Waals surface area contributed by atoms with Gasteiger partial charge >= 0.3 is 0 Å². The lowest BCUT2D eigenvalue weighted by atomic mass is 9.99. The predicted molar refractivity (Wildman–Crippen MR) is 257 cm³/mol. The van der Waals surface area contributed by atoms with Crippen molar-refractivity contribution in [2.75, 3.05) is 4.90 Å². The Hall–Kier alpha value is -8.48. The number of nitrogens with zero attached hydrogens (tertiary/aromatic N) is 4. The van der Waals surface area contributed by atoms with Crippen LogP contribution in [-0.4, -0.2) is 19.6 Å². The molecule has 1 N–H and O–H groups in total. The molecule has 3 heterocycles. The van der Waals surface area contributed by atoms with Gasteiger partial charge in [0.2, 0.25) is 0 Å². The summed E-state index contributed by atoms with van der Waals surface area (Å²) in [5, 5.41) is 15.3. The van der Waals surface area contributed by atoms with Crippen LogP contribution in [0.5, 0.6) is 5.75 Å².